The summed E-state index contributed by atoms with van der Waals surface area (Å²) in [6.07, 6.45) is 48.9. The van der Waals surface area contributed by atoms with Crippen molar-refractivity contribution < 1.29 is 71.3 Å². The third kappa shape index (κ3) is 28.9. The number of allylic oxidation sites excluding steroid dienone is 4. The van der Waals surface area contributed by atoms with E-state index in [1.54, 1.807) is 44.5 Å². The summed E-state index contributed by atoms with van der Waals surface area (Å²) in [5.74, 6) is 0. The molecule has 0 amide bonds. The van der Waals surface area contributed by atoms with E-state index in [-0.39, 0.29) is 135 Å². The largest absolute Gasteiger partial charge is 3.00 e. The normalized spacial score (nSPS) is 23.2. The molecule has 0 N–H and O–H groups in total. The third-order valence-corrected chi connectivity index (χ3v) is 40.6. The number of hydrogen-bond acceptors (Lipinski definition) is 0. The Kier molecular flexibility index (Phi) is 52.1. The fourth-order valence-corrected chi connectivity index (χ4v) is 38.0. The summed E-state index contributed by atoms with van der Waals surface area (Å²) in [5, 5.41) is 0. The fraction of sp³-hybridized carbons (Fsp3) is 0.408. The summed E-state index contributed by atoms with van der Waals surface area (Å²) in [6.45, 7) is 0. The van der Waals surface area contributed by atoms with Gasteiger partial charge in [-0.2, -0.15) is 0 Å². The number of hydrogen-bond donors (Lipinski definition) is 0. The van der Waals surface area contributed by atoms with Gasteiger partial charge in [0.25, 0.3) is 0 Å². The van der Waals surface area contributed by atoms with E-state index >= 15 is 0 Å². The van der Waals surface area contributed by atoms with Crippen molar-refractivity contribution in [1.82, 2.24) is 0 Å². The second-order valence-electron chi connectivity index (χ2n) is 29.9. The summed E-state index contributed by atoms with van der Waals surface area (Å²) in [5.41, 5.74) is 23.9. The molecule has 9 aliphatic rings. The monoisotopic (exact) mass is 1730 g/mol. The summed E-state index contributed by atoms with van der Waals surface area (Å²) >= 11 is 0. The van der Waals surface area contributed by atoms with Crippen molar-refractivity contribution >= 4 is 39.2 Å². The van der Waals surface area contributed by atoms with Crippen LogP contribution in [0.2, 0.25) is 0 Å². The van der Waals surface area contributed by atoms with Crippen LogP contribution in [0.25, 0.3) is 0 Å². The maximum atomic E-state index is 9.67. The fourth-order valence-electron chi connectivity index (χ4n) is 19.7. The van der Waals surface area contributed by atoms with Crippen LogP contribution in [0, 0.1) is 44.6 Å². The predicted octanol–water partition coefficient (Wildman–Crippen LogP) is 29.5. The SMILES string of the molecule is C1=CCC/C=C\CC1.FB(F)F.[CH3-].[CH3-].[CH3-].[CH3-].[CH3-].[CH3-].[F-].[Fe+2].[Fe+2].[Rh+3].c1ccc([C@@H]2CC[C@@H](c3ccccc3)P2C2CCCC2)cc1.c1ccc([C@@H]2CC[C@@H](c3ccccc3)P2C2CCCC2)cc1.c1ccc([C@@H]2CC[C@@H](c3ccccc3)[PH+]2C2CCCC2)cc1.c1ccc([C@@H]2CC[C@@H](c3ccccc3)[PH+]2C2CCCC2)cc1. The van der Waals surface area contributed by atoms with Crippen molar-refractivity contribution in [2.75, 3.05) is 0 Å². The molecule has 8 aromatic rings. The first-order chi connectivity index (χ1) is 49.5. The first-order valence-electron chi connectivity index (χ1n) is 39.4. The van der Waals surface area contributed by atoms with Gasteiger partial charge in [0.15, 0.2) is 0 Å². The maximum absolute atomic E-state index is 9.67. The van der Waals surface area contributed by atoms with Gasteiger partial charge < -0.3 is 49.3 Å². The van der Waals surface area contributed by atoms with Crippen molar-refractivity contribution in [3.63, 3.8) is 0 Å². The average Bonchev–Trinajstić information content (AvgIpc) is 1.66. The summed E-state index contributed by atoms with van der Waals surface area (Å²) < 4.78 is 29.0. The van der Waals surface area contributed by atoms with Crippen molar-refractivity contribution in [3.8, 4) is 0 Å². The zero-order valence-corrected chi connectivity index (χ0v) is 74.8. The molecule has 598 valence electrons. The molecule has 8 atom stereocenters. The summed E-state index contributed by atoms with van der Waals surface area (Å²) in [7, 11) is -4.26. The van der Waals surface area contributed by atoms with E-state index in [1.165, 1.54) is 180 Å². The molecule has 17 rings (SSSR count). The minimum atomic E-state index is -3.67. The molecule has 4 aliphatic heterocycles. The molecule has 110 heavy (non-hydrogen) atoms. The van der Waals surface area contributed by atoms with Crippen LogP contribution in [0.3, 0.4) is 0 Å². The zero-order chi connectivity index (χ0) is 68.3. The van der Waals surface area contributed by atoms with E-state index in [0.717, 1.165) is 67.9 Å². The quantitative estimate of drug-likeness (QED) is 0.0376. The van der Waals surface area contributed by atoms with Crippen LogP contribution in [0.4, 0.5) is 12.9 Å². The minimum Gasteiger partial charge on any atom is -1.00 e. The Morgan fingerprint density at radius 1 is 0.245 bits per heavy atom. The second-order valence-corrected chi connectivity index (χ2v) is 42.1. The molecule has 0 spiro atoms. The van der Waals surface area contributed by atoms with Crippen molar-refractivity contribution in [3.05, 3.63) is 356 Å². The number of benzene rings is 8. The predicted molar refractivity (Wildman–Crippen MR) is 474 cm³/mol. The van der Waals surface area contributed by atoms with Crippen molar-refractivity contribution in [2.24, 2.45) is 0 Å². The zero-order valence-electron chi connectivity index (χ0n) is 67.2. The first-order valence-corrected chi connectivity index (χ1v) is 45.9. The molecule has 0 unspecified atom stereocenters. The van der Waals surface area contributed by atoms with Gasteiger partial charge in [0, 0.05) is 38.5 Å². The Hall–Kier alpha value is -3.59. The first kappa shape index (κ1) is 102. The maximum Gasteiger partial charge on any atom is 3.00 e. The van der Waals surface area contributed by atoms with Crippen LogP contribution in [-0.2, 0) is 53.6 Å². The molecule has 4 saturated heterocycles. The molecule has 0 radical (unpaired) electrons. The van der Waals surface area contributed by atoms with Gasteiger partial charge >= 0.3 is 61.2 Å². The van der Waals surface area contributed by atoms with E-state index in [2.05, 4.69) is 267 Å². The molecule has 8 fully saturated rings. The molecule has 4 saturated carbocycles. The van der Waals surface area contributed by atoms with Gasteiger partial charge in [-0.25, -0.2) is 0 Å². The minimum absolute atomic E-state index is 0. The molecule has 0 nitrogen and oxygen atoms in total. The van der Waals surface area contributed by atoms with Crippen molar-refractivity contribution in [1.29, 1.82) is 0 Å². The topological polar surface area (TPSA) is 0 Å². The van der Waals surface area contributed by atoms with E-state index in [1.807, 2.05) is 0 Å². The summed E-state index contributed by atoms with van der Waals surface area (Å²) in [6, 6.07) is 91.1. The molecular weight excluding hydrogens is 1600 g/mol. The smallest absolute Gasteiger partial charge is 1.00 e. The van der Waals surface area contributed by atoms with Crippen LogP contribution >= 0.6 is 31.7 Å². The Balaban J connectivity index is 0.000000460. The Morgan fingerprint density at radius 3 is 0.591 bits per heavy atom. The van der Waals surface area contributed by atoms with E-state index in [0.29, 0.717) is 0 Å². The number of halogens is 4. The van der Waals surface area contributed by atoms with Crippen LogP contribution < -0.4 is 4.70 Å². The third-order valence-electron chi connectivity index (χ3n) is 24.0. The standard InChI is InChI=1S/4C21H25P.C8H12.6CH3.BF3.FH.2Fe.Rh/c4*1-3-9-17(10-4-1)20-15-16-21(18-11-5-2-6-12-18)22(20)19-13-7-8-14-19;1-2-4-6-8-7-5-3-1;;;;;;;2-1(3)4;;;;/h4*1-6,9-12,19-21H,7-8,13-16H2;1-2,7-8H,3-6H2;6*1H3;;1H;;;/q;;;;;6*-1;;;2*+2;+3/p+1/b;;;;2-1-,8-7?;;;;;;;;;;;/t4*20-,21-;;;;;;;;;;;;/m0000............/s1. The summed E-state index contributed by atoms with van der Waals surface area (Å²) in [4.78, 5) is 0. The Bertz CT molecular complexity index is 2930. The molecule has 0 aromatic heterocycles. The van der Waals surface area contributed by atoms with Gasteiger partial charge in [-0.3, -0.25) is 12.9 Å². The van der Waals surface area contributed by atoms with Gasteiger partial charge in [-0.05, 0) is 210 Å². The second kappa shape index (κ2) is 55.9. The molecule has 12 heteroatoms. The molecule has 8 aromatic carbocycles. The molecule has 5 aliphatic carbocycles. The van der Waals surface area contributed by atoms with E-state index in [9.17, 15) is 12.9 Å². The molecular formula is C98H132BF4Fe2P4Rh+2. The Morgan fingerprint density at radius 2 is 0.409 bits per heavy atom. The number of rotatable bonds is 12. The van der Waals surface area contributed by atoms with Gasteiger partial charge in [0.2, 0.25) is 0 Å². The van der Waals surface area contributed by atoms with Gasteiger partial charge in [-0.15, -0.1) is 0 Å². The van der Waals surface area contributed by atoms with Crippen LogP contribution in [-0.4, -0.2) is 30.2 Å². The van der Waals surface area contributed by atoms with E-state index < -0.39 is 7.54 Å². The average molecular weight is 1740 g/mol. The van der Waals surface area contributed by atoms with Crippen LogP contribution in [0.5, 0.6) is 0 Å². The molecule has 4 heterocycles. The van der Waals surface area contributed by atoms with Crippen LogP contribution in [0.1, 0.15) is 270 Å². The Labute approximate surface area is 708 Å². The van der Waals surface area contributed by atoms with E-state index in [4.69, 9.17) is 0 Å². The van der Waals surface area contributed by atoms with Crippen molar-refractivity contribution in [2.45, 2.75) is 248 Å². The van der Waals surface area contributed by atoms with Gasteiger partial charge in [-0.1, -0.05) is 308 Å². The van der Waals surface area contributed by atoms with Gasteiger partial charge in [0.1, 0.15) is 0 Å². The molecule has 0 bridgehead atoms. The van der Waals surface area contributed by atoms with Crippen LogP contribution in [0.15, 0.2) is 267 Å². The van der Waals surface area contributed by atoms with Gasteiger partial charge in [0.05, 0.1) is 34.0 Å².